The van der Waals surface area contributed by atoms with Gasteiger partial charge in [0.1, 0.15) is 5.76 Å². The van der Waals surface area contributed by atoms with Crippen LogP contribution < -0.4 is 0 Å². The van der Waals surface area contributed by atoms with Crippen molar-refractivity contribution in [3.8, 4) is 0 Å². The summed E-state index contributed by atoms with van der Waals surface area (Å²) in [5, 5.41) is 0. The minimum Gasteiger partial charge on any atom is -0.439 e. The van der Waals surface area contributed by atoms with E-state index < -0.39 is 0 Å². The topological polar surface area (TPSA) is 43.1 Å². The third-order valence-electron chi connectivity index (χ3n) is 1.91. The molecule has 0 N–H and O–H groups in total. The SMILES string of the molecule is Cc1oc(C=O)nc1C1CC1. The smallest absolute Gasteiger partial charge is 0.260 e. The minimum atomic E-state index is 0.212. The second-order valence-corrected chi connectivity index (χ2v) is 2.89. The van der Waals surface area contributed by atoms with Crippen LogP contribution in [0.5, 0.6) is 0 Å². The molecule has 0 unspecified atom stereocenters. The van der Waals surface area contributed by atoms with Crippen molar-refractivity contribution in [1.29, 1.82) is 0 Å². The molecule has 1 heterocycles. The van der Waals surface area contributed by atoms with E-state index in [2.05, 4.69) is 4.98 Å². The molecule has 2 rings (SSSR count). The van der Waals surface area contributed by atoms with E-state index in [-0.39, 0.29) is 5.89 Å². The van der Waals surface area contributed by atoms with Crippen molar-refractivity contribution in [3.05, 3.63) is 17.3 Å². The minimum absolute atomic E-state index is 0.212. The van der Waals surface area contributed by atoms with Gasteiger partial charge in [0.2, 0.25) is 6.29 Å². The molecule has 0 aromatic carbocycles. The van der Waals surface area contributed by atoms with Crippen LogP contribution >= 0.6 is 0 Å². The Morgan fingerprint density at radius 2 is 2.36 bits per heavy atom. The summed E-state index contributed by atoms with van der Waals surface area (Å²) < 4.78 is 5.09. The van der Waals surface area contributed by atoms with Gasteiger partial charge in [-0.2, -0.15) is 0 Å². The highest BCUT2D eigenvalue weighted by atomic mass is 16.4. The lowest BCUT2D eigenvalue weighted by atomic mass is 10.2. The number of nitrogens with zero attached hydrogens (tertiary/aromatic N) is 1. The third-order valence-corrected chi connectivity index (χ3v) is 1.91. The van der Waals surface area contributed by atoms with Gasteiger partial charge in [-0.3, -0.25) is 4.79 Å². The number of hydrogen-bond acceptors (Lipinski definition) is 3. The van der Waals surface area contributed by atoms with Crippen LogP contribution in [-0.4, -0.2) is 11.3 Å². The van der Waals surface area contributed by atoms with Crippen LogP contribution in [-0.2, 0) is 0 Å². The van der Waals surface area contributed by atoms with Gasteiger partial charge in [-0.05, 0) is 19.8 Å². The maximum atomic E-state index is 10.3. The second kappa shape index (κ2) is 2.19. The van der Waals surface area contributed by atoms with Crippen LogP contribution in [0.1, 0.15) is 40.9 Å². The van der Waals surface area contributed by atoms with Crippen molar-refractivity contribution < 1.29 is 9.21 Å². The summed E-state index contributed by atoms with van der Waals surface area (Å²) in [4.78, 5) is 14.3. The first-order chi connectivity index (χ1) is 5.31. The lowest BCUT2D eigenvalue weighted by Gasteiger charge is -1.86. The van der Waals surface area contributed by atoms with Crippen molar-refractivity contribution in [2.45, 2.75) is 25.7 Å². The number of aldehydes is 1. The number of aryl methyl sites for hydroxylation is 1. The molecule has 1 aliphatic rings. The Morgan fingerprint density at radius 1 is 1.64 bits per heavy atom. The van der Waals surface area contributed by atoms with Gasteiger partial charge in [0.25, 0.3) is 5.89 Å². The average Bonchev–Trinajstić information content (AvgIpc) is 2.76. The zero-order chi connectivity index (χ0) is 7.84. The predicted octanol–water partition coefficient (Wildman–Crippen LogP) is 1.67. The van der Waals surface area contributed by atoms with Crippen molar-refractivity contribution in [3.63, 3.8) is 0 Å². The number of aromatic nitrogens is 1. The third kappa shape index (κ3) is 1.06. The largest absolute Gasteiger partial charge is 0.439 e. The van der Waals surface area contributed by atoms with E-state index in [1.165, 1.54) is 12.8 Å². The molecule has 0 saturated heterocycles. The molecule has 0 amide bonds. The maximum Gasteiger partial charge on any atom is 0.260 e. The van der Waals surface area contributed by atoms with Crippen molar-refractivity contribution in [1.82, 2.24) is 4.98 Å². The molecule has 1 aromatic heterocycles. The second-order valence-electron chi connectivity index (χ2n) is 2.89. The number of rotatable bonds is 2. The van der Waals surface area contributed by atoms with Gasteiger partial charge in [0.15, 0.2) is 0 Å². The Kier molecular flexibility index (Phi) is 1.31. The molecule has 0 atom stereocenters. The Balaban J connectivity index is 2.37. The van der Waals surface area contributed by atoms with E-state index in [0.717, 1.165) is 11.5 Å². The highest BCUT2D eigenvalue weighted by molar-refractivity contribution is 5.67. The molecule has 3 heteroatoms. The molecule has 1 saturated carbocycles. The van der Waals surface area contributed by atoms with Gasteiger partial charge in [-0.25, -0.2) is 4.98 Å². The molecular formula is C8H9NO2. The van der Waals surface area contributed by atoms with Gasteiger partial charge in [-0.1, -0.05) is 0 Å². The van der Waals surface area contributed by atoms with Crippen molar-refractivity contribution in [2.24, 2.45) is 0 Å². The van der Waals surface area contributed by atoms with E-state index in [0.29, 0.717) is 12.2 Å². The summed E-state index contributed by atoms with van der Waals surface area (Å²) in [6.45, 7) is 1.85. The summed E-state index contributed by atoms with van der Waals surface area (Å²) in [6.07, 6.45) is 3.02. The molecule has 58 valence electrons. The van der Waals surface area contributed by atoms with Crippen molar-refractivity contribution >= 4 is 6.29 Å². The van der Waals surface area contributed by atoms with Crippen LogP contribution in [0.2, 0.25) is 0 Å². The monoisotopic (exact) mass is 151 g/mol. The summed E-state index contributed by atoms with van der Waals surface area (Å²) in [5.74, 6) is 1.58. The molecule has 0 bridgehead atoms. The van der Waals surface area contributed by atoms with Crippen LogP contribution in [0.25, 0.3) is 0 Å². The van der Waals surface area contributed by atoms with E-state index in [1.54, 1.807) is 0 Å². The first-order valence-electron chi connectivity index (χ1n) is 3.74. The van der Waals surface area contributed by atoms with Crippen LogP contribution in [0.15, 0.2) is 4.42 Å². The molecule has 0 radical (unpaired) electrons. The average molecular weight is 151 g/mol. The number of oxazole rings is 1. The Morgan fingerprint density at radius 3 is 2.82 bits per heavy atom. The van der Waals surface area contributed by atoms with Gasteiger partial charge in [-0.15, -0.1) is 0 Å². The quantitative estimate of drug-likeness (QED) is 0.604. The zero-order valence-electron chi connectivity index (χ0n) is 6.33. The summed E-state index contributed by atoms with van der Waals surface area (Å²) in [6, 6.07) is 0. The predicted molar refractivity (Wildman–Crippen MR) is 38.6 cm³/mol. The first kappa shape index (κ1) is 6.58. The fourth-order valence-corrected chi connectivity index (χ4v) is 1.22. The lowest BCUT2D eigenvalue weighted by molar-refractivity contribution is 0.109. The number of carbonyl (C=O) groups is 1. The zero-order valence-corrected chi connectivity index (χ0v) is 6.33. The molecule has 0 aliphatic heterocycles. The van der Waals surface area contributed by atoms with Crippen molar-refractivity contribution in [2.75, 3.05) is 0 Å². The molecule has 3 nitrogen and oxygen atoms in total. The fraction of sp³-hybridized carbons (Fsp3) is 0.500. The number of carbonyl (C=O) groups excluding carboxylic acids is 1. The number of hydrogen-bond donors (Lipinski definition) is 0. The van der Waals surface area contributed by atoms with Gasteiger partial charge < -0.3 is 4.42 Å². The van der Waals surface area contributed by atoms with Crippen LogP contribution in [0.4, 0.5) is 0 Å². The molecule has 1 fully saturated rings. The summed E-state index contributed by atoms with van der Waals surface area (Å²) in [5.41, 5.74) is 0.979. The normalized spacial score (nSPS) is 16.8. The van der Waals surface area contributed by atoms with E-state index in [1.807, 2.05) is 6.92 Å². The van der Waals surface area contributed by atoms with Gasteiger partial charge in [0, 0.05) is 5.92 Å². The van der Waals surface area contributed by atoms with E-state index in [4.69, 9.17) is 4.42 Å². The van der Waals surface area contributed by atoms with Gasteiger partial charge in [0.05, 0.1) is 5.69 Å². The fourth-order valence-electron chi connectivity index (χ4n) is 1.22. The molecule has 0 spiro atoms. The first-order valence-corrected chi connectivity index (χ1v) is 3.74. The highest BCUT2D eigenvalue weighted by Gasteiger charge is 2.29. The van der Waals surface area contributed by atoms with E-state index in [9.17, 15) is 4.79 Å². The Labute approximate surface area is 64.4 Å². The lowest BCUT2D eigenvalue weighted by Crippen LogP contribution is -1.82. The maximum absolute atomic E-state index is 10.3. The summed E-state index contributed by atoms with van der Waals surface area (Å²) >= 11 is 0. The van der Waals surface area contributed by atoms with Crippen LogP contribution in [0.3, 0.4) is 0 Å². The Bertz CT molecular complexity index is 286. The Hall–Kier alpha value is -1.12. The molecular weight excluding hydrogens is 142 g/mol. The van der Waals surface area contributed by atoms with E-state index >= 15 is 0 Å². The highest BCUT2D eigenvalue weighted by Crippen LogP contribution is 2.40. The van der Waals surface area contributed by atoms with Gasteiger partial charge >= 0.3 is 0 Å². The summed E-state index contributed by atoms with van der Waals surface area (Å²) in [7, 11) is 0. The molecule has 11 heavy (non-hydrogen) atoms. The molecule has 1 aliphatic carbocycles. The standard InChI is InChI=1S/C8H9NO2/c1-5-8(6-2-3-6)9-7(4-10)11-5/h4,6H,2-3H2,1H3. The van der Waals surface area contributed by atoms with Crippen LogP contribution in [0, 0.1) is 6.92 Å². The molecule has 1 aromatic rings.